The van der Waals surface area contributed by atoms with Crippen molar-refractivity contribution in [1.82, 2.24) is 9.21 Å². The second-order valence-electron chi connectivity index (χ2n) is 5.90. The Labute approximate surface area is 133 Å². The van der Waals surface area contributed by atoms with Gasteiger partial charge >= 0.3 is 0 Å². The number of likely N-dealkylation sites (tertiary alicyclic amines) is 1. The molecule has 2 rings (SSSR count). The molecule has 0 aromatic heterocycles. The Morgan fingerprint density at radius 1 is 1.05 bits per heavy atom. The lowest BCUT2D eigenvalue weighted by Gasteiger charge is -2.20. The standard InChI is InChI=1S/C16H24N2O3S/c1-17(2)22(20,21)15-9-7-14(8-10-15)13-16(19)18-11-5-3-4-6-12-18/h7-10H,3-6,11-13H2,1-2H3. The molecule has 0 saturated carbocycles. The molecule has 0 radical (unpaired) electrons. The van der Waals surface area contributed by atoms with Crippen molar-refractivity contribution in [3.8, 4) is 0 Å². The molecule has 5 nitrogen and oxygen atoms in total. The fourth-order valence-electron chi connectivity index (χ4n) is 2.60. The maximum absolute atomic E-state index is 12.3. The Morgan fingerprint density at radius 3 is 2.09 bits per heavy atom. The molecule has 0 N–H and O–H groups in total. The minimum absolute atomic E-state index is 0.130. The minimum atomic E-state index is -3.41. The zero-order chi connectivity index (χ0) is 16.2. The van der Waals surface area contributed by atoms with Gasteiger partial charge in [0, 0.05) is 27.2 Å². The summed E-state index contributed by atoms with van der Waals surface area (Å²) >= 11 is 0. The predicted molar refractivity (Wildman–Crippen MR) is 86.1 cm³/mol. The topological polar surface area (TPSA) is 57.7 Å². The van der Waals surface area contributed by atoms with E-state index in [1.165, 1.54) is 31.2 Å². The lowest BCUT2D eigenvalue weighted by atomic mass is 10.1. The van der Waals surface area contributed by atoms with Crippen LogP contribution in [0.3, 0.4) is 0 Å². The molecular formula is C16H24N2O3S. The van der Waals surface area contributed by atoms with Crippen LogP contribution in [0, 0.1) is 0 Å². The van der Waals surface area contributed by atoms with Crippen LogP contribution < -0.4 is 0 Å². The predicted octanol–water partition coefficient (Wildman–Crippen LogP) is 1.88. The van der Waals surface area contributed by atoms with Gasteiger partial charge in [0.25, 0.3) is 0 Å². The Morgan fingerprint density at radius 2 is 1.59 bits per heavy atom. The normalized spacial score (nSPS) is 16.6. The van der Waals surface area contributed by atoms with Gasteiger partial charge in [-0.15, -0.1) is 0 Å². The van der Waals surface area contributed by atoms with Crippen LogP contribution in [0.4, 0.5) is 0 Å². The van der Waals surface area contributed by atoms with Crippen molar-refractivity contribution in [2.45, 2.75) is 37.0 Å². The van der Waals surface area contributed by atoms with Gasteiger partial charge in [0.2, 0.25) is 15.9 Å². The molecule has 122 valence electrons. The van der Waals surface area contributed by atoms with Crippen LogP contribution in [-0.4, -0.2) is 50.7 Å². The number of carbonyl (C=O) groups excluding carboxylic acids is 1. The summed E-state index contributed by atoms with van der Waals surface area (Å²) in [6.07, 6.45) is 4.88. The minimum Gasteiger partial charge on any atom is -0.342 e. The Bertz CT molecular complexity index is 601. The summed E-state index contributed by atoms with van der Waals surface area (Å²) in [5.74, 6) is 0.130. The Kier molecular flexibility index (Phi) is 5.58. The van der Waals surface area contributed by atoms with Crippen LogP contribution in [-0.2, 0) is 21.2 Å². The first-order chi connectivity index (χ1) is 10.4. The van der Waals surface area contributed by atoms with Crippen molar-refractivity contribution in [1.29, 1.82) is 0 Å². The Balaban J connectivity index is 2.03. The van der Waals surface area contributed by atoms with E-state index in [9.17, 15) is 13.2 Å². The van der Waals surface area contributed by atoms with Crippen LogP contribution in [0.2, 0.25) is 0 Å². The molecular weight excluding hydrogens is 300 g/mol. The van der Waals surface area contributed by atoms with E-state index < -0.39 is 10.0 Å². The number of hydrogen-bond acceptors (Lipinski definition) is 3. The summed E-state index contributed by atoms with van der Waals surface area (Å²) in [5.41, 5.74) is 0.854. The fourth-order valence-corrected chi connectivity index (χ4v) is 3.50. The smallest absolute Gasteiger partial charge is 0.242 e. The fraction of sp³-hybridized carbons (Fsp3) is 0.562. The SMILES string of the molecule is CN(C)S(=O)(=O)c1ccc(CC(=O)N2CCCCCC2)cc1. The average Bonchev–Trinajstić information content (AvgIpc) is 2.76. The summed E-state index contributed by atoms with van der Waals surface area (Å²) in [5, 5.41) is 0. The number of rotatable bonds is 4. The Hall–Kier alpha value is -1.40. The maximum atomic E-state index is 12.3. The van der Waals surface area contributed by atoms with Gasteiger partial charge in [-0.1, -0.05) is 25.0 Å². The van der Waals surface area contributed by atoms with Gasteiger partial charge in [0.05, 0.1) is 11.3 Å². The molecule has 1 aromatic carbocycles. The summed E-state index contributed by atoms with van der Waals surface area (Å²) in [6, 6.07) is 6.60. The van der Waals surface area contributed by atoms with Crippen LogP contribution in [0.15, 0.2) is 29.2 Å². The monoisotopic (exact) mass is 324 g/mol. The molecule has 0 atom stereocenters. The summed E-state index contributed by atoms with van der Waals surface area (Å²) in [6.45, 7) is 1.68. The number of benzene rings is 1. The van der Waals surface area contributed by atoms with E-state index in [1.54, 1.807) is 24.3 Å². The maximum Gasteiger partial charge on any atom is 0.242 e. The summed E-state index contributed by atoms with van der Waals surface area (Å²) < 4.78 is 25.2. The molecule has 6 heteroatoms. The van der Waals surface area contributed by atoms with E-state index in [-0.39, 0.29) is 10.8 Å². The number of nitrogens with zero attached hydrogens (tertiary/aromatic N) is 2. The van der Waals surface area contributed by atoms with Crippen LogP contribution in [0.1, 0.15) is 31.2 Å². The number of amides is 1. The second kappa shape index (κ2) is 7.24. The summed E-state index contributed by atoms with van der Waals surface area (Å²) in [7, 11) is -0.397. The van der Waals surface area contributed by atoms with E-state index in [1.807, 2.05) is 4.90 Å². The van der Waals surface area contributed by atoms with Gasteiger partial charge < -0.3 is 4.90 Å². The highest BCUT2D eigenvalue weighted by Crippen LogP contribution is 2.16. The molecule has 1 aromatic rings. The highest BCUT2D eigenvalue weighted by molar-refractivity contribution is 7.89. The third-order valence-corrected chi connectivity index (χ3v) is 5.85. The van der Waals surface area contributed by atoms with E-state index in [4.69, 9.17) is 0 Å². The van der Waals surface area contributed by atoms with Gasteiger partial charge in [-0.3, -0.25) is 4.79 Å². The molecule has 1 aliphatic rings. The van der Waals surface area contributed by atoms with E-state index in [0.29, 0.717) is 6.42 Å². The zero-order valence-electron chi connectivity index (χ0n) is 13.3. The van der Waals surface area contributed by atoms with Crippen molar-refractivity contribution in [3.63, 3.8) is 0 Å². The molecule has 0 spiro atoms. The van der Waals surface area contributed by atoms with E-state index in [2.05, 4.69) is 0 Å². The van der Waals surface area contributed by atoms with Gasteiger partial charge in [-0.2, -0.15) is 0 Å². The first-order valence-corrected chi connectivity index (χ1v) is 9.14. The average molecular weight is 324 g/mol. The summed E-state index contributed by atoms with van der Waals surface area (Å²) in [4.78, 5) is 14.5. The highest BCUT2D eigenvalue weighted by atomic mass is 32.2. The van der Waals surface area contributed by atoms with Crippen molar-refractivity contribution in [2.24, 2.45) is 0 Å². The third kappa shape index (κ3) is 4.08. The third-order valence-electron chi connectivity index (χ3n) is 4.02. The highest BCUT2D eigenvalue weighted by Gasteiger charge is 2.18. The first kappa shape index (κ1) is 17.0. The van der Waals surface area contributed by atoms with E-state index >= 15 is 0 Å². The van der Waals surface area contributed by atoms with Gasteiger partial charge in [-0.25, -0.2) is 12.7 Å². The first-order valence-electron chi connectivity index (χ1n) is 7.70. The molecule has 1 aliphatic heterocycles. The quantitative estimate of drug-likeness (QED) is 0.850. The van der Waals surface area contributed by atoms with Gasteiger partial charge in [-0.05, 0) is 30.5 Å². The largest absolute Gasteiger partial charge is 0.342 e. The molecule has 1 heterocycles. The van der Waals surface area contributed by atoms with Crippen molar-refractivity contribution in [3.05, 3.63) is 29.8 Å². The van der Waals surface area contributed by atoms with E-state index in [0.717, 1.165) is 31.5 Å². The van der Waals surface area contributed by atoms with Gasteiger partial charge in [0.15, 0.2) is 0 Å². The van der Waals surface area contributed by atoms with Crippen molar-refractivity contribution < 1.29 is 13.2 Å². The lowest BCUT2D eigenvalue weighted by molar-refractivity contribution is -0.130. The molecule has 1 fully saturated rings. The van der Waals surface area contributed by atoms with Crippen LogP contribution in [0.25, 0.3) is 0 Å². The molecule has 1 saturated heterocycles. The molecule has 0 unspecified atom stereocenters. The number of sulfonamides is 1. The van der Waals surface area contributed by atoms with Crippen LogP contribution >= 0.6 is 0 Å². The van der Waals surface area contributed by atoms with Crippen molar-refractivity contribution in [2.75, 3.05) is 27.2 Å². The zero-order valence-corrected chi connectivity index (χ0v) is 14.1. The molecule has 22 heavy (non-hydrogen) atoms. The lowest BCUT2D eigenvalue weighted by Crippen LogP contribution is -2.33. The van der Waals surface area contributed by atoms with Crippen molar-refractivity contribution >= 4 is 15.9 Å². The molecule has 0 aliphatic carbocycles. The van der Waals surface area contributed by atoms with Gasteiger partial charge in [0.1, 0.15) is 0 Å². The van der Waals surface area contributed by atoms with Crippen LogP contribution in [0.5, 0.6) is 0 Å². The second-order valence-corrected chi connectivity index (χ2v) is 8.05. The molecule has 0 bridgehead atoms. The number of carbonyl (C=O) groups is 1. The molecule has 1 amide bonds. The number of hydrogen-bond donors (Lipinski definition) is 0.